The molecule has 1 aliphatic heterocycles. The number of benzene rings is 1. The van der Waals surface area contributed by atoms with Crippen molar-refractivity contribution in [3.63, 3.8) is 0 Å². The summed E-state index contributed by atoms with van der Waals surface area (Å²) in [7, 11) is 0. The molecule has 2 amide bonds. The first-order valence-electron chi connectivity index (χ1n) is 8.66. The number of rotatable bonds is 6. The molecule has 0 aromatic heterocycles. The van der Waals surface area contributed by atoms with Crippen molar-refractivity contribution in [3.05, 3.63) is 35.4 Å². The molecule has 0 aliphatic carbocycles. The molecule has 24 heavy (non-hydrogen) atoms. The molecular formula is C19H26N2O3. The number of Topliss-reactive ketones (excluding diaryl/α,β-unsaturated/α-hetero) is 1. The first-order valence-corrected chi connectivity index (χ1v) is 8.66. The average molecular weight is 330 g/mol. The predicted octanol–water partition coefficient (Wildman–Crippen LogP) is 2.43. The van der Waals surface area contributed by atoms with E-state index in [0.717, 1.165) is 12.0 Å². The van der Waals surface area contributed by atoms with Crippen molar-refractivity contribution in [2.45, 2.75) is 39.5 Å². The highest BCUT2D eigenvalue weighted by Gasteiger charge is 2.23. The van der Waals surface area contributed by atoms with Gasteiger partial charge in [0.05, 0.1) is 0 Å². The number of nitrogens with zero attached hydrogens (tertiary/aromatic N) is 2. The molecule has 0 bridgehead atoms. The van der Waals surface area contributed by atoms with Gasteiger partial charge in [0.1, 0.15) is 0 Å². The molecule has 0 spiro atoms. The number of piperazine rings is 1. The van der Waals surface area contributed by atoms with Crippen LogP contribution in [0.15, 0.2) is 24.3 Å². The number of aryl methyl sites for hydroxylation is 1. The Balaban J connectivity index is 1.76. The summed E-state index contributed by atoms with van der Waals surface area (Å²) in [5, 5.41) is 0. The lowest BCUT2D eigenvalue weighted by atomic mass is 10.0. The second-order valence-corrected chi connectivity index (χ2v) is 6.30. The van der Waals surface area contributed by atoms with E-state index in [1.807, 2.05) is 30.9 Å². The van der Waals surface area contributed by atoms with Gasteiger partial charge in [0.25, 0.3) is 0 Å². The van der Waals surface area contributed by atoms with Gasteiger partial charge < -0.3 is 9.80 Å². The molecule has 1 aliphatic rings. The Morgan fingerprint density at radius 1 is 0.833 bits per heavy atom. The Labute approximate surface area is 143 Å². The highest BCUT2D eigenvalue weighted by molar-refractivity contribution is 5.98. The Hall–Kier alpha value is -2.17. The average Bonchev–Trinajstić information content (AvgIpc) is 2.60. The van der Waals surface area contributed by atoms with Crippen molar-refractivity contribution in [1.29, 1.82) is 0 Å². The minimum Gasteiger partial charge on any atom is -0.339 e. The van der Waals surface area contributed by atoms with E-state index in [2.05, 4.69) is 0 Å². The summed E-state index contributed by atoms with van der Waals surface area (Å²) in [4.78, 5) is 39.8. The zero-order valence-corrected chi connectivity index (χ0v) is 14.6. The second kappa shape index (κ2) is 8.62. The number of hydrogen-bond acceptors (Lipinski definition) is 3. The van der Waals surface area contributed by atoms with Gasteiger partial charge in [-0.05, 0) is 13.3 Å². The minimum atomic E-state index is -0.00180. The van der Waals surface area contributed by atoms with Crippen LogP contribution in [0.4, 0.5) is 0 Å². The Morgan fingerprint density at radius 2 is 1.33 bits per heavy atom. The molecule has 1 saturated heterocycles. The molecular weight excluding hydrogens is 304 g/mol. The Kier molecular flexibility index (Phi) is 6.53. The van der Waals surface area contributed by atoms with Gasteiger partial charge in [0.15, 0.2) is 5.78 Å². The fraction of sp³-hybridized carbons (Fsp3) is 0.526. The Morgan fingerprint density at radius 3 is 1.83 bits per heavy atom. The van der Waals surface area contributed by atoms with Crippen LogP contribution in [0, 0.1) is 6.92 Å². The summed E-state index contributed by atoms with van der Waals surface area (Å²) in [6, 6.07) is 7.42. The van der Waals surface area contributed by atoms with Crippen LogP contribution in [0.1, 0.15) is 48.5 Å². The lowest BCUT2D eigenvalue weighted by molar-refractivity contribution is -0.139. The van der Waals surface area contributed by atoms with Crippen molar-refractivity contribution >= 4 is 17.6 Å². The standard InChI is InChI=1S/C19H26N2O3/c1-3-4-18(23)20-11-13-21(14-12-20)19(24)10-9-17(22)16-7-5-15(2)6-8-16/h5-8H,3-4,9-14H2,1-2H3. The number of ketones is 1. The van der Waals surface area contributed by atoms with E-state index < -0.39 is 0 Å². The smallest absolute Gasteiger partial charge is 0.223 e. The summed E-state index contributed by atoms with van der Waals surface area (Å²) >= 11 is 0. The summed E-state index contributed by atoms with van der Waals surface area (Å²) in [6.07, 6.45) is 1.88. The van der Waals surface area contributed by atoms with E-state index in [1.54, 1.807) is 17.0 Å². The normalized spacial score (nSPS) is 14.6. The summed E-state index contributed by atoms with van der Waals surface area (Å²) in [5.74, 6) is 0.164. The molecule has 1 fully saturated rings. The van der Waals surface area contributed by atoms with Gasteiger partial charge in [-0.2, -0.15) is 0 Å². The minimum absolute atomic E-state index is 0.000101. The lowest BCUT2D eigenvalue weighted by Crippen LogP contribution is -2.50. The molecule has 2 rings (SSSR count). The quantitative estimate of drug-likeness (QED) is 0.753. The van der Waals surface area contributed by atoms with Crippen LogP contribution in [0.3, 0.4) is 0 Å². The van der Waals surface area contributed by atoms with Gasteiger partial charge in [0.2, 0.25) is 11.8 Å². The number of carbonyl (C=O) groups excluding carboxylic acids is 3. The fourth-order valence-electron chi connectivity index (χ4n) is 2.84. The van der Waals surface area contributed by atoms with E-state index in [-0.39, 0.29) is 30.4 Å². The van der Waals surface area contributed by atoms with Crippen LogP contribution in [0.25, 0.3) is 0 Å². The van der Waals surface area contributed by atoms with Crippen LogP contribution >= 0.6 is 0 Å². The van der Waals surface area contributed by atoms with Crippen LogP contribution < -0.4 is 0 Å². The van der Waals surface area contributed by atoms with Crippen LogP contribution in [0.2, 0.25) is 0 Å². The van der Waals surface area contributed by atoms with E-state index in [1.165, 1.54) is 0 Å². The maximum Gasteiger partial charge on any atom is 0.223 e. The van der Waals surface area contributed by atoms with Gasteiger partial charge in [-0.1, -0.05) is 36.8 Å². The largest absolute Gasteiger partial charge is 0.339 e. The zero-order chi connectivity index (χ0) is 17.5. The maximum absolute atomic E-state index is 12.3. The maximum atomic E-state index is 12.3. The molecule has 0 unspecified atom stereocenters. The van der Waals surface area contributed by atoms with Crippen LogP contribution in [-0.4, -0.2) is 53.6 Å². The van der Waals surface area contributed by atoms with Crippen LogP contribution in [0.5, 0.6) is 0 Å². The van der Waals surface area contributed by atoms with E-state index >= 15 is 0 Å². The number of carbonyl (C=O) groups is 3. The van der Waals surface area contributed by atoms with Crippen molar-refractivity contribution < 1.29 is 14.4 Å². The molecule has 0 saturated carbocycles. The van der Waals surface area contributed by atoms with Gasteiger partial charge in [-0.25, -0.2) is 0 Å². The molecule has 0 atom stereocenters. The fourth-order valence-corrected chi connectivity index (χ4v) is 2.84. The number of amides is 2. The number of hydrogen-bond donors (Lipinski definition) is 0. The van der Waals surface area contributed by atoms with E-state index in [0.29, 0.717) is 38.2 Å². The third-order valence-electron chi connectivity index (χ3n) is 4.39. The monoisotopic (exact) mass is 330 g/mol. The second-order valence-electron chi connectivity index (χ2n) is 6.30. The predicted molar refractivity (Wildman–Crippen MR) is 92.8 cm³/mol. The SMILES string of the molecule is CCCC(=O)N1CCN(C(=O)CCC(=O)c2ccc(C)cc2)CC1. The van der Waals surface area contributed by atoms with Gasteiger partial charge in [-0.15, -0.1) is 0 Å². The molecule has 1 aromatic rings. The van der Waals surface area contributed by atoms with Crippen molar-refractivity contribution in [3.8, 4) is 0 Å². The van der Waals surface area contributed by atoms with Crippen molar-refractivity contribution in [2.75, 3.05) is 26.2 Å². The topological polar surface area (TPSA) is 57.7 Å². The first-order chi connectivity index (χ1) is 11.5. The highest BCUT2D eigenvalue weighted by atomic mass is 16.2. The molecule has 5 nitrogen and oxygen atoms in total. The van der Waals surface area contributed by atoms with Crippen molar-refractivity contribution in [1.82, 2.24) is 9.80 Å². The third kappa shape index (κ3) is 4.91. The molecule has 5 heteroatoms. The summed E-state index contributed by atoms with van der Waals surface area (Å²) in [5.41, 5.74) is 1.77. The summed E-state index contributed by atoms with van der Waals surface area (Å²) in [6.45, 7) is 6.28. The molecule has 130 valence electrons. The highest BCUT2D eigenvalue weighted by Crippen LogP contribution is 2.11. The molecule has 1 aromatic carbocycles. The van der Waals surface area contributed by atoms with Crippen molar-refractivity contribution in [2.24, 2.45) is 0 Å². The third-order valence-corrected chi connectivity index (χ3v) is 4.39. The summed E-state index contributed by atoms with van der Waals surface area (Å²) < 4.78 is 0. The lowest BCUT2D eigenvalue weighted by Gasteiger charge is -2.34. The van der Waals surface area contributed by atoms with Gasteiger partial charge in [0, 0.05) is 51.0 Å². The van der Waals surface area contributed by atoms with E-state index in [4.69, 9.17) is 0 Å². The first kappa shape index (κ1) is 18.2. The van der Waals surface area contributed by atoms with Gasteiger partial charge >= 0.3 is 0 Å². The van der Waals surface area contributed by atoms with Gasteiger partial charge in [-0.3, -0.25) is 14.4 Å². The molecule has 1 heterocycles. The van der Waals surface area contributed by atoms with Crippen LogP contribution in [-0.2, 0) is 9.59 Å². The molecule has 0 N–H and O–H groups in total. The Bertz CT molecular complexity index is 587. The zero-order valence-electron chi connectivity index (χ0n) is 14.6. The molecule has 0 radical (unpaired) electrons. The van der Waals surface area contributed by atoms with E-state index in [9.17, 15) is 14.4 Å².